The van der Waals surface area contributed by atoms with Crippen molar-refractivity contribution in [2.75, 3.05) is 20.0 Å². The first-order chi connectivity index (χ1) is 14.0. The van der Waals surface area contributed by atoms with E-state index >= 15 is 0 Å². The number of anilines is 1. The SMILES string of the molecule is COC(=O)c1sc2nc(-c3ccc(OC)cc3)cc(-c3ccc(C)cc3)c2c1N. The third-order valence-corrected chi connectivity index (χ3v) is 5.90. The number of nitrogens with zero attached hydrogens (tertiary/aromatic N) is 1. The summed E-state index contributed by atoms with van der Waals surface area (Å²) in [7, 11) is 2.99. The largest absolute Gasteiger partial charge is 0.497 e. The van der Waals surface area contributed by atoms with Gasteiger partial charge in [0.2, 0.25) is 0 Å². The molecule has 2 aromatic carbocycles. The fourth-order valence-electron chi connectivity index (χ4n) is 3.24. The number of carbonyl (C=O) groups excluding carboxylic acids is 1. The number of methoxy groups -OCH3 is 2. The fourth-order valence-corrected chi connectivity index (χ4v) is 4.27. The summed E-state index contributed by atoms with van der Waals surface area (Å²) in [5, 5.41) is 0.775. The molecule has 0 atom stereocenters. The van der Waals surface area contributed by atoms with Gasteiger partial charge in [0.05, 0.1) is 25.6 Å². The molecule has 6 heteroatoms. The van der Waals surface area contributed by atoms with Crippen molar-refractivity contribution in [3.63, 3.8) is 0 Å². The number of esters is 1. The molecule has 4 aromatic rings. The van der Waals surface area contributed by atoms with Crippen molar-refractivity contribution in [2.24, 2.45) is 0 Å². The molecule has 0 aliphatic carbocycles. The first kappa shape index (κ1) is 19.0. The molecule has 0 bridgehead atoms. The third kappa shape index (κ3) is 3.43. The molecule has 0 amide bonds. The zero-order valence-corrected chi connectivity index (χ0v) is 17.2. The Bertz CT molecular complexity index is 1200. The molecule has 0 radical (unpaired) electrons. The average Bonchev–Trinajstić information content (AvgIpc) is 3.09. The van der Waals surface area contributed by atoms with Crippen LogP contribution in [-0.4, -0.2) is 25.2 Å². The van der Waals surface area contributed by atoms with Crippen molar-refractivity contribution in [1.82, 2.24) is 4.98 Å². The standard InChI is InChI=1S/C23H20N2O3S/c1-13-4-6-14(7-5-13)17-12-18(15-8-10-16(27-2)11-9-15)25-22-19(17)20(24)21(29-22)23(26)28-3/h4-12H,24H2,1-3H3. The summed E-state index contributed by atoms with van der Waals surface area (Å²) in [5.74, 6) is 0.327. The van der Waals surface area contributed by atoms with Crippen LogP contribution in [0.4, 0.5) is 5.69 Å². The van der Waals surface area contributed by atoms with E-state index in [9.17, 15) is 4.79 Å². The third-order valence-electron chi connectivity index (χ3n) is 4.82. The van der Waals surface area contributed by atoms with Crippen LogP contribution in [0, 0.1) is 6.92 Å². The van der Waals surface area contributed by atoms with Crippen LogP contribution in [0.2, 0.25) is 0 Å². The summed E-state index contributed by atoms with van der Waals surface area (Å²) in [6.45, 7) is 2.04. The van der Waals surface area contributed by atoms with Gasteiger partial charge in [0.15, 0.2) is 0 Å². The molecular formula is C23H20N2O3S. The van der Waals surface area contributed by atoms with Crippen molar-refractivity contribution < 1.29 is 14.3 Å². The number of ether oxygens (including phenoxy) is 2. The lowest BCUT2D eigenvalue weighted by Crippen LogP contribution is -2.01. The summed E-state index contributed by atoms with van der Waals surface area (Å²) >= 11 is 1.25. The Morgan fingerprint density at radius 3 is 2.28 bits per heavy atom. The first-order valence-electron chi connectivity index (χ1n) is 9.04. The van der Waals surface area contributed by atoms with Gasteiger partial charge in [0, 0.05) is 10.9 Å². The van der Waals surface area contributed by atoms with Crippen LogP contribution < -0.4 is 10.5 Å². The number of hydrogen-bond acceptors (Lipinski definition) is 6. The lowest BCUT2D eigenvalue weighted by Gasteiger charge is -2.10. The number of nitrogen functional groups attached to an aromatic ring is 1. The molecule has 0 spiro atoms. The minimum Gasteiger partial charge on any atom is -0.497 e. The zero-order chi connectivity index (χ0) is 20.5. The van der Waals surface area contributed by atoms with Gasteiger partial charge in [-0.25, -0.2) is 9.78 Å². The topological polar surface area (TPSA) is 74.4 Å². The van der Waals surface area contributed by atoms with E-state index < -0.39 is 5.97 Å². The molecule has 4 rings (SSSR count). The Labute approximate surface area is 172 Å². The normalized spacial score (nSPS) is 10.9. The van der Waals surface area contributed by atoms with Crippen molar-refractivity contribution >= 4 is 33.2 Å². The van der Waals surface area contributed by atoms with Gasteiger partial charge in [0.1, 0.15) is 15.5 Å². The fraction of sp³-hybridized carbons (Fsp3) is 0.130. The van der Waals surface area contributed by atoms with E-state index in [0.29, 0.717) is 15.4 Å². The number of nitrogens with two attached hydrogens (primary N) is 1. The monoisotopic (exact) mass is 404 g/mol. The van der Waals surface area contributed by atoms with Crippen LogP contribution in [0.1, 0.15) is 15.2 Å². The minimum atomic E-state index is -0.452. The summed E-state index contributed by atoms with van der Waals surface area (Å²) in [6, 6.07) is 17.9. The quantitative estimate of drug-likeness (QED) is 0.466. The lowest BCUT2D eigenvalue weighted by atomic mass is 9.98. The van der Waals surface area contributed by atoms with Gasteiger partial charge in [-0.15, -0.1) is 11.3 Å². The van der Waals surface area contributed by atoms with Crippen molar-refractivity contribution in [3.05, 3.63) is 65.0 Å². The molecular weight excluding hydrogens is 384 g/mol. The molecule has 5 nitrogen and oxygen atoms in total. The van der Waals surface area contributed by atoms with Gasteiger partial charge in [-0.1, -0.05) is 29.8 Å². The molecule has 0 saturated heterocycles. The number of aryl methyl sites for hydroxylation is 1. The highest BCUT2D eigenvalue weighted by molar-refractivity contribution is 7.21. The summed E-state index contributed by atoms with van der Waals surface area (Å²) < 4.78 is 10.1. The Morgan fingerprint density at radius 2 is 1.66 bits per heavy atom. The number of hydrogen-bond donors (Lipinski definition) is 1. The molecule has 0 aliphatic rings. The maximum atomic E-state index is 12.2. The van der Waals surface area contributed by atoms with E-state index in [1.165, 1.54) is 24.0 Å². The Balaban J connectivity index is 1.99. The van der Waals surface area contributed by atoms with Crippen LogP contribution >= 0.6 is 11.3 Å². The molecule has 2 aromatic heterocycles. The van der Waals surface area contributed by atoms with Crippen molar-refractivity contribution in [1.29, 1.82) is 0 Å². The molecule has 146 valence electrons. The van der Waals surface area contributed by atoms with Crippen molar-refractivity contribution in [3.8, 4) is 28.1 Å². The second kappa shape index (κ2) is 7.56. The number of fused-ring (bicyclic) bond motifs is 1. The molecule has 29 heavy (non-hydrogen) atoms. The summed E-state index contributed by atoms with van der Waals surface area (Å²) in [6.07, 6.45) is 0. The minimum absolute atomic E-state index is 0.371. The molecule has 0 aliphatic heterocycles. The van der Waals surface area contributed by atoms with Crippen LogP contribution in [-0.2, 0) is 4.74 Å². The number of thiophene rings is 1. The number of aromatic nitrogens is 1. The smallest absolute Gasteiger partial charge is 0.350 e. The number of carbonyl (C=O) groups is 1. The van der Waals surface area contributed by atoms with E-state index in [2.05, 4.69) is 24.3 Å². The average molecular weight is 404 g/mol. The highest BCUT2D eigenvalue weighted by Crippen LogP contribution is 2.41. The van der Waals surface area contributed by atoms with E-state index in [1.807, 2.05) is 37.3 Å². The highest BCUT2D eigenvalue weighted by Gasteiger charge is 2.22. The molecule has 0 fully saturated rings. The number of benzene rings is 2. The number of rotatable bonds is 4. The van der Waals surface area contributed by atoms with Crippen LogP contribution in [0.5, 0.6) is 5.75 Å². The maximum absolute atomic E-state index is 12.2. The molecule has 0 saturated carbocycles. The molecule has 2 N–H and O–H groups in total. The second-order valence-electron chi connectivity index (χ2n) is 6.67. The Kier molecular flexibility index (Phi) is 4.94. The van der Waals surface area contributed by atoms with Gasteiger partial charge < -0.3 is 15.2 Å². The molecule has 0 unspecified atom stereocenters. The van der Waals surface area contributed by atoms with Crippen molar-refractivity contribution in [2.45, 2.75) is 6.92 Å². The van der Waals surface area contributed by atoms with Gasteiger partial charge in [-0.3, -0.25) is 0 Å². The number of pyridine rings is 1. The lowest BCUT2D eigenvalue weighted by molar-refractivity contribution is 0.0607. The maximum Gasteiger partial charge on any atom is 0.350 e. The second-order valence-corrected chi connectivity index (χ2v) is 7.67. The van der Waals surface area contributed by atoms with Gasteiger partial charge >= 0.3 is 5.97 Å². The van der Waals surface area contributed by atoms with Crippen LogP contribution in [0.15, 0.2) is 54.6 Å². The van der Waals surface area contributed by atoms with Crippen LogP contribution in [0.25, 0.3) is 32.6 Å². The zero-order valence-electron chi connectivity index (χ0n) is 16.4. The van der Waals surface area contributed by atoms with E-state index in [4.69, 9.17) is 20.2 Å². The van der Waals surface area contributed by atoms with Crippen LogP contribution in [0.3, 0.4) is 0 Å². The predicted octanol–water partition coefficient (Wildman–Crippen LogP) is 5.32. The van der Waals surface area contributed by atoms with Gasteiger partial charge in [0.25, 0.3) is 0 Å². The van der Waals surface area contributed by atoms with E-state index in [-0.39, 0.29) is 0 Å². The highest BCUT2D eigenvalue weighted by atomic mass is 32.1. The molecule has 2 heterocycles. The Morgan fingerprint density at radius 1 is 1.00 bits per heavy atom. The summed E-state index contributed by atoms with van der Waals surface area (Å²) in [4.78, 5) is 18.1. The Hall–Kier alpha value is -3.38. The predicted molar refractivity (Wildman–Crippen MR) is 118 cm³/mol. The van der Waals surface area contributed by atoms with Gasteiger partial charge in [-0.2, -0.15) is 0 Å². The van der Waals surface area contributed by atoms with E-state index in [1.54, 1.807) is 7.11 Å². The van der Waals surface area contributed by atoms with Gasteiger partial charge in [-0.05, 0) is 48.4 Å². The van der Waals surface area contributed by atoms with E-state index in [0.717, 1.165) is 33.5 Å². The summed E-state index contributed by atoms with van der Waals surface area (Å²) in [5.41, 5.74) is 11.6. The first-order valence-corrected chi connectivity index (χ1v) is 9.86.